The Morgan fingerprint density at radius 3 is 2.35 bits per heavy atom. The Bertz CT molecular complexity index is 958. The maximum absolute atomic E-state index is 9.40. The van der Waals surface area contributed by atoms with Crippen LogP contribution < -0.4 is 4.74 Å². The fraction of sp³-hybridized carbons (Fsp3) is 0.0455. The first-order valence-corrected chi connectivity index (χ1v) is 9.58. The third-order valence-corrected chi connectivity index (χ3v) is 5.04. The van der Waals surface area contributed by atoms with E-state index < -0.39 is 0 Å². The largest absolute Gasteiger partial charge is 0.489 e. The molecule has 0 N–H and O–H groups in total. The number of rotatable bonds is 5. The number of hydrogen-bond donors (Lipinski definition) is 0. The molecule has 0 radical (unpaired) electrons. The Hall–Kier alpha value is -2.35. The van der Waals surface area contributed by atoms with Crippen LogP contribution in [0.25, 0.3) is 11.6 Å². The molecule has 3 aromatic carbocycles. The molecule has 3 aromatic rings. The molecule has 0 spiro atoms. The van der Waals surface area contributed by atoms with Gasteiger partial charge in [-0.25, -0.2) is 0 Å². The Balaban J connectivity index is 1.70. The van der Waals surface area contributed by atoms with Crippen molar-refractivity contribution in [1.29, 1.82) is 5.26 Å². The number of allylic oxidation sites excluding steroid dienone is 1. The average Bonchev–Trinajstić information content (AvgIpc) is 2.67. The molecule has 0 bridgehead atoms. The summed E-state index contributed by atoms with van der Waals surface area (Å²) in [5.74, 6) is 0.787. The average molecular weight is 469 g/mol. The molecule has 0 aliphatic carbocycles. The van der Waals surface area contributed by atoms with Crippen LogP contribution in [-0.2, 0) is 6.61 Å². The van der Waals surface area contributed by atoms with E-state index in [1.54, 1.807) is 0 Å². The molecular weight excluding hydrogens is 454 g/mol. The second-order valence-corrected chi connectivity index (χ2v) is 7.40. The van der Waals surface area contributed by atoms with Crippen molar-refractivity contribution in [2.24, 2.45) is 0 Å². The zero-order valence-corrected chi connectivity index (χ0v) is 17.0. The molecule has 0 aromatic heterocycles. The molecule has 0 saturated heterocycles. The number of ether oxygens (including phenoxy) is 1. The zero-order valence-electron chi connectivity index (χ0n) is 13.8. The maximum Gasteiger partial charge on any atom is 0.119 e. The molecule has 3 rings (SSSR count). The normalized spacial score (nSPS) is 11.0. The van der Waals surface area contributed by atoms with E-state index in [9.17, 15) is 5.26 Å². The van der Waals surface area contributed by atoms with Gasteiger partial charge in [-0.1, -0.05) is 80.4 Å². The first-order chi connectivity index (χ1) is 12.7. The van der Waals surface area contributed by atoms with Crippen LogP contribution >= 0.6 is 31.9 Å². The van der Waals surface area contributed by atoms with E-state index in [2.05, 4.69) is 37.9 Å². The standard InChI is InChI=1S/C22H15Br2NO/c23-20-9-8-18(22(24)13-20)15-26-21-10-6-16(7-11-21)12-19(14-25)17-4-2-1-3-5-17/h1-13H,15H2/b19-12+. The van der Waals surface area contributed by atoms with Gasteiger partial charge in [-0.3, -0.25) is 0 Å². The molecule has 26 heavy (non-hydrogen) atoms. The third kappa shape index (κ3) is 4.85. The highest BCUT2D eigenvalue weighted by Crippen LogP contribution is 2.24. The molecule has 4 heteroatoms. The van der Waals surface area contributed by atoms with Gasteiger partial charge in [0.25, 0.3) is 0 Å². The Kier molecular flexibility index (Phi) is 6.27. The molecule has 0 atom stereocenters. The van der Waals surface area contributed by atoms with Gasteiger partial charge in [0, 0.05) is 14.5 Å². The van der Waals surface area contributed by atoms with Crippen molar-refractivity contribution in [3.05, 3.63) is 98.4 Å². The first kappa shape index (κ1) is 18.4. The molecule has 128 valence electrons. The second kappa shape index (κ2) is 8.84. The molecule has 2 nitrogen and oxygen atoms in total. The summed E-state index contributed by atoms with van der Waals surface area (Å²) < 4.78 is 7.88. The van der Waals surface area contributed by atoms with Gasteiger partial charge < -0.3 is 4.74 Å². The molecule has 0 amide bonds. The van der Waals surface area contributed by atoms with Crippen molar-refractivity contribution >= 4 is 43.5 Å². The summed E-state index contributed by atoms with van der Waals surface area (Å²) in [5, 5.41) is 9.40. The lowest BCUT2D eigenvalue weighted by Crippen LogP contribution is -1.96. The van der Waals surface area contributed by atoms with Gasteiger partial charge in [0.15, 0.2) is 0 Å². The summed E-state index contributed by atoms with van der Waals surface area (Å²) in [6.45, 7) is 0.483. The third-order valence-electron chi connectivity index (χ3n) is 3.81. The van der Waals surface area contributed by atoms with Crippen molar-refractivity contribution in [3.8, 4) is 11.8 Å². The van der Waals surface area contributed by atoms with E-state index in [0.717, 1.165) is 31.4 Å². The van der Waals surface area contributed by atoms with Gasteiger partial charge in [0.1, 0.15) is 12.4 Å². The second-order valence-electron chi connectivity index (χ2n) is 5.63. The highest BCUT2D eigenvalue weighted by Gasteiger charge is 2.03. The lowest BCUT2D eigenvalue weighted by atomic mass is 10.0. The highest BCUT2D eigenvalue weighted by atomic mass is 79.9. The molecule has 0 unspecified atom stereocenters. The van der Waals surface area contributed by atoms with Gasteiger partial charge in [0.05, 0.1) is 11.6 Å². The minimum Gasteiger partial charge on any atom is -0.489 e. The van der Waals surface area contributed by atoms with Crippen molar-refractivity contribution in [2.45, 2.75) is 6.61 Å². The van der Waals surface area contributed by atoms with Crippen molar-refractivity contribution < 1.29 is 4.74 Å². The van der Waals surface area contributed by atoms with Crippen LogP contribution in [0.3, 0.4) is 0 Å². The fourth-order valence-electron chi connectivity index (χ4n) is 2.42. The van der Waals surface area contributed by atoms with Crippen LogP contribution in [0.1, 0.15) is 16.7 Å². The van der Waals surface area contributed by atoms with Crippen LogP contribution in [0.15, 0.2) is 81.7 Å². The fourth-order valence-corrected chi connectivity index (χ4v) is 3.59. The van der Waals surface area contributed by atoms with E-state index in [4.69, 9.17) is 4.74 Å². The topological polar surface area (TPSA) is 33.0 Å². The molecule has 0 heterocycles. The van der Waals surface area contributed by atoms with Crippen molar-refractivity contribution in [1.82, 2.24) is 0 Å². The minimum absolute atomic E-state index is 0.483. The van der Waals surface area contributed by atoms with Gasteiger partial charge in [-0.15, -0.1) is 0 Å². The van der Waals surface area contributed by atoms with E-state index in [-0.39, 0.29) is 0 Å². The molecular formula is C22H15Br2NO. The molecule has 0 fully saturated rings. The smallest absolute Gasteiger partial charge is 0.119 e. The van der Waals surface area contributed by atoms with Crippen LogP contribution in [0.5, 0.6) is 5.75 Å². The van der Waals surface area contributed by atoms with Gasteiger partial charge in [0.2, 0.25) is 0 Å². The highest BCUT2D eigenvalue weighted by molar-refractivity contribution is 9.11. The number of nitrogens with zero attached hydrogens (tertiary/aromatic N) is 1. The van der Waals surface area contributed by atoms with Crippen molar-refractivity contribution in [2.75, 3.05) is 0 Å². The summed E-state index contributed by atoms with van der Waals surface area (Å²) in [7, 11) is 0. The summed E-state index contributed by atoms with van der Waals surface area (Å²) in [6, 6.07) is 25.7. The van der Waals surface area contributed by atoms with E-state index in [1.165, 1.54) is 0 Å². The summed E-state index contributed by atoms with van der Waals surface area (Å²) in [6.07, 6.45) is 1.88. The van der Waals surface area contributed by atoms with Gasteiger partial charge in [-0.2, -0.15) is 5.26 Å². The first-order valence-electron chi connectivity index (χ1n) is 8.00. The minimum atomic E-state index is 0.483. The SMILES string of the molecule is N#C/C(=C\c1ccc(OCc2ccc(Br)cc2Br)cc1)c1ccccc1. The summed E-state index contributed by atoms with van der Waals surface area (Å²) in [5.41, 5.74) is 3.59. The Morgan fingerprint density at radius 1 is 0.962 bits per heavy atom. The van der Waals surface area contributed by atoms with E-state index in [0.29, 0.717) is 12.2 Å². The predicted octanol–water partition coefficient (Wildman–Crippen LogP) is 6.85. The van der Waals surface area contributed by atoms with Crippen LogP contribution in [0, 0.1) is 11.3 Å². The monoisotopic (exact) mass is 467 g/mol. The molecule has 0 aliphatic heterocycles. The summed E-state index contributed by atoms with van der Waals surface area (Å²) in [4.78, 5) is 0. The molecule has 0 aliphatic rings. The number of benzene rings is 3. The van der Waals surface area contributed by atoms with E-state index >= 15 is 0 Å². The van der Waals surface area contributed by atoms with E-state index in [1.807, 2.05) is 78.9 Å². The van der Waals surface area contributed by atoms with Crippen LogP contribution in [0.2, 0.25) is 0 Å². The Morgan fingerprint density at radius 2 is 1.69 bits per heavy atom. The lowest BCUT2D eigenvalue weighted by molar-refractivity contribution is 0.305. The van der Waals surface area contributed by atoms with Crippen LogP contribution in [0.4, 0.5) is 0 Å². The van der Waals surface area contributed by atoms with Crippen molar-refractivity contribution in [3.63, 3.8) is 0 Å². The maximum atomic E-state index is 9.40. The lowest BCUT2D eigenvalue weighted by Gasteiger charge is -2.09. The Labute approximate surface area is 170 Å². The number of halogens is 2. The summed E-state index contributed by atoms with van der Waals surface area (Å²) >= 11 is 6.98. The van der Waals surface area contributed by atoms with Crippen LogP contribution in [-0.4, -0.2) is 0 Å². The van der Waals surface area contributed by atoms with Gasteiger partial charge >= 0.3 is 0 Å². The quantitative estimate of drug-likeness (QED) is 0.302. The molecule has 0 saturated carbocycles. The predicted molar refractivity (Wildman–Crippen MR) is 113 cm³/mol. The zero-order chi connectivity index (χ0) is 18.4. The van der Waals surface area contributed by atoms with Gasteiger partial charge in [-0.05, 0) is 41.5 Å². The number of hydrogen-bond acceptors (Lipinski definition) is 2. The number of nitriles is 1.